The zero-order valence-corrected chi connectivity index (χ0v) is 14.0. The number of halogens is 2. The normalized spacial score (nSPS) is 17.1. The van der Waals surface area contributed by atoms with E-state index in [1.807, 2.05) is 0 Å². The molecule has 1 heterocycles. The highest BCUT2D eigenvalue weighted by atomic mass is 19.2. The molecule has 0 aromatic heterocycles. The Balaban J connectivity index is 1.95. The van der Waals surface area contributed by atoms with Gasteiger partial charge in [-0.25, -0.2) is 8.78 Å². The van der Waals surface area contributed by atoms with E-state index in [2.05, 4.69) is 12.2 Å². The van der Waals surface area contributed by atoms with Crippen molar-refractivity contribution < 1.29 is 13.6 Å². The molecule has 1 aromatic rings. The number of unbranched alkanes of at least 4 members (excludes halogenated alkanes) is 6. The lowest BCUT2D eigenvalue weighted by Crippen LogP contribution is -2.46. The van der Waals surface area contributed by atoms with Gasteiger partial charge in [-0.05, 0) is 13.3 Å². The van der Waals surface area contributed by atoms with E-state index in [-0.39, 0.29) is 5.91 Å². The summed E-state index contributed by atoms with van der Waals surface area (Å²) < 4.78 is 26.9. The van der Waals surface area contributed by atoms with Gasteiger partial charge in [-0.15, -0.1) is 0 Å². The van der Waals surface area contributed by atoms with Crippen LogP contribution in [0.1, 0.15) is 58.8 Å². The molecule has 2 rings (SSSR count). The molecule has 0 saturated heterocycles. The summed E-state index contributed by atoms with van der Waals surface area (Å²) in [5, 5.41) is 2.93. The van der Waals surface area contributed by atoms with Crippen molar-refractivity contribution in [3.8, 4) is 0 Å². The fourth-order valence-corrected chi connectivity index (χ4v) is 2.98. The molecule has 23 heavy (non-hydrogen) atoms. The predicted octanol–water partition coefficient (Wildman–Crippen LogP) is 4.86. The van der Waals surface area contributed by atoms with Crippen LogP contribution in [0.3, 0.4) is 0 Å². The van der Waals surface area contributed by atoms with Crippen LogP contribution in [-0.2, 0) is 4.79 Å². The maximum atomic E-state index is 13.5. The highest BCUT2D eigenvalue weighted by Crippen LogP contribution is 2.33. The monoisotopic (exact) mass is 324 g/mol. The molecule has 3 nitrogen and oxygen atoms in total. The maximum absolute atomic E-state index is 13.5. The summed E-state index contributed by atoms with van der Waals surface area (Å²) in [5.41, 5.74) is 0.928. The Morgan fingerprint density at radius 1 is 1.04 bits per heavy atom. The van der Waals surface area contributed by atoms with Gasteiger partial charge in [0.1, 0.15) is 6.04 Å². The molecule has 1 amide bonds. The first-order valence-corrected chi connectivity index (χ1v) is 8.61. The van der Waals surface area contributed by atoms with Gasteiger partial charge in [0.15, 0.2) is 11.6 Å². The van der Waals surface area contributed by atoms with Crippen molar-refractivity contribution in [2.75, 3.05) is 16.8 Å². The summed E-state index contributed by atoms with van der Waals surface area (Å²) in [4.78, 5) is 13.9. The molecule has 1 atom stereocenters. The molecular weight excluding hydrogens is 298 g/mol. The van der Waals surface area contributed by atoms with Gasteiger partial charge in [-0.2, -0.15) is 0 Å². The molecule has 1 aliphatic rings. The van der Waals surface area contributed by atoms with Crippen molar-refractivity contribution in [1.29, 1.82) is 0 Å². The van der Waals surface area contributed by atoms with Gasteiger partial charge in [-0.3, -0.25) is 4.79 Å². The number of nitrogens with one attached hydrogen (secondary N) is 1. The number of nitrogens with zero attached hydrogens (tertiary/aromatic N) is 1. The zero-order chi connectivity index (χ0) is 16.8. The van der Waals surface area contributed by atoms with Crippen LogP contribution in [0.4, 0.5) is 20.2 Å². The second kappa shape index (κ2) is 8.27. The summed E-state index contributed by atoms with van der Waals surface area (Å²) in [6.07, 6.45) is 8.06. The third-order valence-electron chi connectivity index (χ3n) is 4.32. The SMILES string of the molecule is CCCCCCCCCN1C(=O)C(C)Nc2cc(F)c(F)cc21. The predicted molar refractivity (Wildman–Crippen MR) is 89.8 cm³/mol. The number of carbonyl (C=O) groups excluding carboxylic acids is 1. The lowest BCUT2D eigenvalue weighted by atomic mass is 10.1. The lowest BCUT2D eigenvalue weighted by molar-refractivity contribution is -0.119. The van der Waals surface area contributed by atoms with Crippen LogP contribution in [0.25, 0.3) is 0 Å². The number of benzene rings is 1. The van der Waals surface area contributed by atoms with Gasteiger partial charge in [0.2, 0.25) is 5.91 Å². The number of hydrogen-bond donors (Lipinski definition) is 1. The summed E-state index contributed by atoms with van der Waals surface area (Å²) in [5.74, 6) is -1.90. The molecule has 0 aliphatic carbocycles. The number of amides is 1. The minimum Gasteiger partial charge on any atom is -0.372 e. The first-order chi connectivity index (χ1) is 11.0. The summed E-state index contributed by atoms with van der Waals surface area (Å²) in [6.45, 7) is 4.48. The van der Waals surface area contributed by atoms with E-state index < -0.39 is 17.7 Å². The van der Waals surface area contributed by atoms with Gasteiger partial charge in [0.05, 0.1) is 11.4 Å². The van der Waals surface area contributed by atoms with Gasteiger partial charge in [0.25, 0.3) is 0 Å². The number of carbonyl (C=O) groups is 1. The Morgan fingerprint density at radius 3 is 2.35 bits per heavy atom. The summed E-state index contributed by atoms with van der Waals surface area (Å²) in [7, 11) is 0. The van der Waals surface area contributed by atoms with Crippen LogP contribution in [0.2, 0.25) is 0 Å². The smallest absolute Gasteiger partial charge is 0.249 e. The van der Waals surface area contributed by atoms with E-state index >= 15 is 0 Å². The average molecular weight is 324 g/mol. The van der Waals surface area contributed by atoms with Gasteiger partial charge in [0, 0.05) is 18.7 Å². The van der Waals surface area contributed by atoms with Crippen LogP contribution < -0.4 is 10.2 Å². The Morgan fingerprint density at radius 2 is 1.65 bits per heavy atom. The number of rotatable bonds is 8. The Bertz CT molecular complexity index is 548. The second-order valence-electron chi connectivity index (χ2n) is 6.26. The highest BCUT2D eigenvalue weighted by molar-refractivity contribution is 6.04. The topological polar surface area (TPSA) is 32.3 Å². The molecule has 1 aliphatic heterocycles. The van der Waals surface area contributed by atoms with Crippen LogP contribution in [-0.4, -0.2) is 18.5 Å². The summed E-state index contributed by atoms with van der Waals surface area (Å²) in [6, 6.07) is 1.82. The van der Waals surface area contributed by atoms with Crippen LogP contribution in [0, 0.1) is 11.6 Å². The standard InChI is InChI=1S/C18H26F2N2O/c1-3-4-5-6-7-8-9-10-22-17-12-15(20)14(19)11-16(17)21-13(2)18(22)23/h11-13,21H,3-10H2,1-2H3. The van der Waals surface area contributed by atoms with Crippen molar-refractivity contribution >= 4 is 17.3 Å². The van der Waals surface area contributed by atoms with Crippen molar-refractivity contribution in [2.45, 2.75) is 64.8 Å². The quantitative estimate of drug-likeness (QED) is 0.692. The molecule has 1 N–H and O–H groups in total. The van der Waals surface area contributed by atoms with Crippen molar-refractivity contribution in [3.63, 3.8) is 0 Å². The van der Waals surface area contributed by atoms with E-state index in [4.69, 9.17) is 0 Å². The fraction of sp³-hybridized carbons (Fsp3) is 0.611. The van der Waals surface area contributed by atoms with E-state index in [1.165, 1.54) is 25.7 Å². The van der Waals surface area contributed by atoms with Crippen molar-refractivity contribution in [3.05, 3.63) is 23.8 Å². The molecule has 1 aromatic carbocycles. The minimum atomic E-state index is -0.919. The Labute approximate surface area is 137 Å². The first-order valence-electron chi connectivity index (χ1n) is 8.61. The van der Waals surface area contributed by atoms with E-state index in [0.717, 1.165) is 31.4 Å². The van der Waals surface area contributed by atoms with Gasteiger partial charge < -0.3 is 10.2 Å². The van der Waals surface area contributed by atoms with E-state index in [1.54, 1.807) is 11.8 Å². The maximum Gasteiger partial charge on any atom is 0.249 e. The molecule has 0 spiro atoms. The second-order valence-corrected chi connectivity index (χ2v) is 6.26. The molecule has 0 radical (unpaired) electrons. The van der Waals surface area contributed by atoms with Crippen LogP contribution >= 0.6 is 0 Å². The number of hydrogen-bond acceptors (Lipinski definition) is 2. The fourth-order valence-electron chi connectivity index (χ4n) is 2.98. The third-order valence-corrected chi connectivity index (χ3v) is 4.32. The van der Waals surface area contributed by atoms with E-state index in [0.29, 0.717) is 17.9 Å². The molecular formula is C18H26F2N2O. The third kappa shape index (κ3) is 4.43. The molecule has 1 unspecified atom stereocenters. The minimum absolute atomic E-state index is 0.0884. The average Bonchev–Trinajstić information content (AvgIpc) is 2.52. The first kappa shape index (κ1) is 17.7. The lowest BCUT2D eigenvalue weighted by Gasteiger charge is -2.34. The molecule has 0 saturated carbocycles. The highest BCUT2D eigenvalue weighted by Gasteiger charge is 2.30. The summed E-state index contributed by atoms with van der Waals surface area (Å²) >= 11 is 0. The van der Waals surface area contributed by atoms with Crippen molar-refractivity contribution in [2.24, 2.45) is 0 Å². The molecule has 5 heteroatoms. The molecule has 128 valence electrons. The van der Waals surface area contributed by atoms with Crippen LogP contribution in [0.15, 0.2) is 12.1 Å². The van der Waals surface area contributed by atoms with Gasteiger partial charge in [-0.1, -0.05) is 45.4 Å². The van der Waals surface area contributed by atoms with Crippen molar-refractivity contribution in [1.82, 2.24) is 0 Å². The Hall–Kier alpha value is -1.65. The largest absolute Gasteiger partial charge is 0.372 e. The molecule has 0 fully saturated rings. The Kier molecular flexibility index (Phi) is 6.37. The van der Waals surface area contributed by atoms with Gasteiger partial charge >= 0.3 is 0 Å². The number of anilines is 2. The van der Waals surface area contributed by atoms with E-state index in [9.17, 15) is 13.6 Å². The zero-order valence-electron chi connectivity index (χ0n) is 14.0. The van der Waals surface area contributed by atoms with Crippen LogP contribution in [0.5, 0.6) is 0 Å². The number of fused-ring (bicyclic) bond motifs is 1. The molecule has 0 bridgehead atoms.